The van der Waals surface area contributed by atoms with Gasteiger partial charge in [0.2, 0.25) is 5.91 Å². The van der Waals surface area contributed by atoms with Gasteiger partial charge in [-0.15, -0.1) is 0 Å². The predicted molar refractivity (Wildman–Crippen MR) is 101 cm³/mol. The first kappa shape index (κ1) is 17.7. The van der Waals surface area contributed by atoms with Crippen molar-refractivity contribution in [2.45, 2.75) is 19.4 Å². The van der Waals surface area contributed by atoms with Gasteiger partial charge in [-0.2, -0.15) is 0 Å². The smallest absolute Gasteiger partial charge is 0.284 e. The highest BCUT2D eigenvalue weighted by Crippen LogP contribution is 2.22. The quantitative estimate of drug-likeness (QED) is 0.739. The third-order valence-corrected chi connectivity index (χ3v) is 4.65. The van der Waals surface area contributed by atoms with Gasteiger partial charge in [0.25, 0.3) is 11.6 Å². The highest BCUT2D eigenvalue weighted by atomic mass is 16.2. The van der Waals surface area contributed by atoms with Crippen LogP contribution < -0.4 is 10.3 Å². The molecule has 0 saturated heterocycles. The molecule has 1 atom stereocenters. The van der Waals surface area contributed by atoms with Crippen molar-refractivity contribution in [3.05, 3.63) is 54.4 Å². The Morgan fingerprint density at radius 3 is 2.81 bits per heavy atom. The van der Waals surface area contributed by atoms with Crippen LogP contribution in [-0.4, -0.2) is 41.8 Å². The summed E-state index contributed by atoms with van der Waals surface area (Å²) in [5, 5.41) is 3.67. The van der Waals surface area contributed by atoms with Gasteiger partial charge in [0.05, 0.1) is 17.8 Å². The molecule has 0 aliphatic rings. The first-order valence-corrected chi connectivity index (χ1v) is 8.56. The number of amides is 2. The second kappa shape index (κ2) is 7.39. The number of carbonyl (C=O) groups is 2. The van der Waals surface area contributed by atoms with Gasteiger partial charge in [-0.25, -0.2) is 9.97 Å². The Hall–Kier alpha value is -3.15. The van der Waals surface area contributed by atoms with Crippen molar-refractivity contribution in [3.63, 3.8) is 0 Å². The lowest BCUT2D eigenvalue weighted by molar-refractivity contribution is -0.346. The summed E-state index contributed by atoms with van der Waals surface area (Å²) in [5.41, 5.74) is 3.53. The van der Waals surface area contributed by atoms with Crippen LogP contribution in [0.25, 0.3) is 22.2 Å². The normalized spacial score (nSPS) is 12.0. The number of aromatic amines is 2. The molecular formula is C20H23N4O2+. The SMILES string of the molecule is CNC(=O)C[C@@H](C)N(C)C(=O)c1cccc(-c2c[nH+]c3[nH]ccc3c2)c1. The highest BCUT2D eigenvalue weighted by Gasteiger charge is 2.20. The lowest BCUT2D eigenvalue weighted by Crippen LogP contribution is -2.38. The van der Waals surface area contributed by atoms with Crippen LogP contribution in [0.4, 0.5) is 0 Å². The minimum absolute atomic E-state index is 0.0822. The van der Waals surface area contributed by atoms with E-state index in [2.05, 4.69) is 21.4 Å². The summed E-state index contributed by atoms with van der Waals surface area (Å²) < 4.78 is 0. The number of carbonyl (C=O) groups excluding carboxylic acids is 2. The Bertz CT molecular complexity index is 948. The molecule has 0 aliphatic heterocycles. The van der Waals surface area contributed by atoms with Gasteiger partial charge in [0.1, 0.15) is 0 Å². The number of H-pyrrole nitrogens is 2. The van der Waals surface area contributed by atoms with Crippen molar-refractivity contribution in [1.82, 2.24) is 15.2 Å². The van der Waals surface area contributed by atoms with Crippen molar-refractivity contribution in [2.75, 3.05) is 14.1 Å². The molecule has 134 valence electrons. The minimum atomic E-state index is -0.185. The molecule has 2 heterocycles. The molecule has 0 unspecified atom stereocenters. The van der Waals surface area contributed by atoms with E-state index in [1.54, 1.807) is 25.1 Å². The number of hydrogen-bond acceptors (Lipinski definition) is 2. The number of nitrogens with one attached hydrogen (secondary N) is 3. The Balaban J connectivity index is 1.84. The second-order valence-electron chi connectivity index (χ2n) is 6.42. The van der Waals surface area contributed by atoms with Crippen molar-refractivity contribution in [2.24, 2.45) is 0 Å². The Labute approximate surface area is 152 Å². The number of hydrogen-bond donors (Lipinski definition) is 2. The summed E-state index contributed by atoms with van der Waals surface area (Å²) in [6.45, 7) is 1.87. The van der Waals surface area contributed by atoms with Gasteiger partial charge in [-0.3, -0.25) is 9.59 Å². The average Bonchev–Trinajstić information content (AvgIpc) is 3.14. The van der Waals surface area contributed by atoms with Crippen LogP contribution in [-0.2, 0) is 4.79 Å². The Morgan fingerprint density at radius 2 is 2.04 bits per heavy atom. The number of aromatic nitrogens is 2. The lowest BCUT2D eigenvalue weighted by atomic mass is 10.0. The van der Waals surface area contributed by atoms with Gasteiger partial charge >= 0.3 is 0 Å². The van der Waals surface area contributed by atoms with Crippen molar-refractivity contribution >= 4 is 22.8 Å². The molecule has 0 aliphatic carbocycles. The summed E-state index contributed by atoms with van der Waals surface area (Å²) in [6.07, 6.45) is 4.07. The Kier molecular flexibility index (Phi) is 5.02. The Morgan fingerprint density at radius 1 is 1.23 bits per heavy atom. The molecule has 0 fully saturated rings. The zero-order valence-electron chi connectivity index (χ0n) is 15.2. The zero-order chi connectivity index (χ0) is 18.7. The van der Waals surface area contributed by atoms with Crippen LogP contribution in [0.5, 0.6) is 0 Å². The third-order valence-electron chi connectivity index (χ3n) is 4.65. The van der Waals surface area contributed by atoms with E-state index in [1.807, 2.05) is 43.6 Å². The minimum Gasteiger partial charge on any atom is -0.359 e. The van der Waals surface area contributed by atoms with Gasteiger partial charge in [-0.05, 0) is 36.8 Å². The predicted octanol–water partition coefficient (Wildman–Crippen LogP) is 2.25. The fraction of sp³-hybridized carbons (Fsp3) is 0.250. The van der Waals surface area contributed by atoms with Crippen molar-refractivity contribution < 1.29 is 14.6 Å². The standard InChI is InChI=1S/C20H22N4O2/c1-13(9-18(25)21-2)24(3)20(26)16-6-4-5-14(10-16)17-11-15-7-8-22-19(15)23-12-17/h4-8,10-13H,9H2,1-3H3,(H,21,25)(H,22,23)/p+1/t13-/m1/s1. The van der Waals surface area contributed by atoms with E-state index >= 15 is 0 Å². The van der Waals surface area contributed by atoms with E-state index in [-0.39, 0.29) is 24.3 Å². The number of rotatable bonds is 5. The van der Waals surface area contributed by atoms with Crippen LogP contribution in [0.15, 0.2) is 48.8 Å². The number of pyridine rings is 1. The molecule has 0 bridgehead atoms. The zero-order valence-corrected chi connectivity index (χ0v) is 15.2. The number of nitrogens with zero attached hydrogens (tertiary/aromatic N) is 1. The summed E-state index contributed by atoms with van der Waals surface area (Å²) >= 11 is 0. The van der Waals surface area contributed by atoms with Crippen LogP contribution in [0.3, 0.4) is 0 Å². The summed E-state index contributed by atoms with van der Waals surface area (Å²) in [6, 6.07) is 11.4. The molecule has 2 aromatic heterocycles. The molecule has 6 nitrogen and oxygen atoms in total. The third kappa shape index (κ3) is 3.59. The molecular weight excluding hydrogens is 328 g/mol. The van der Waals surface area contributed by atoms with Gasteiger partial charge < -0.3 is 10.2 Å². The first-order valence-electron chi connectivity index (χ1n) is 8.56. The van der Waals surface area contributed by atoms with E-state index in [0.29, 0.717) is 5.56 Å². The lowest BCUT2D eigenvalue weighted by Gasteiger charge is -2.24. The largest absolute Gasteiger partial charge is 0.359 e. The van der Waals surface area contributed by atoms with Crippen LogP contribution in [0.2, 0.25) is 0 Å². The monoisotopic (exact) mass is 351 g/mol. The maximum absolute atomic E-state index is 12.8. The average molecular weight is 351 g/mol. The molecule has 3 rings (SSSR count). The number of fused-ring (bicyclic) bond motifs is 1. The van der Waals surface area contributed by atoms with E-state index in [4.69, 9.17) is 0 Å². The number of benzene rings is 1. The fourth-order valence-corrected chi connectivity index (χ4v) is 2.90. The van der Waals surface area contributed by atoms with E-state index in [9.17, 15) is 9.59 Å². The molecule has 3 aromatic rings. The van der Waals surface area contributed by atoms with Gasteiger partial charge in [-0.1, -0.05) is 12.1 Å². The second-order valence-corrected chi connectivity index (χ2v) is 6.42. The fourth-order valence-electron chi connectivity index (χ4n) is 2.90. The molecule has 0 saturated carbocycles. The van der Waals surface area contributed by atoms with Gasteiger partial charge in [0.15, 0.2) is 0 Å². The van der Waals surface area contributed by atoms with Crippen LogP contribution >= 0.6 is 0 Å². The molecule has 26 heavy (non-hydrogen) atoms. The van der Waals surface area contributed by atoms with Crippen molar-refractivity contribution in [3.8, 4) is 11.1 Å². The maximum atomic E-state index is 12.8. The van der Waals surface area contributed by atoms with Crippen LogP contribution in [0.1, 0.15) is 23.7 Å². The van der Waals surface area contributed by atoms with Gasteiger partial charge in [0, 0.05) is 37.7 Å². The summed E-state index contributed by atoms with van der Waals surface area (Å²) in [5.74, 6) is -0.184. The van der Waals surface area contributed by atoms with Crippen LogP contribution in [0, 0.1) is 0 Å². The topological polar surface area (TPSA) is 79.3 Å². The summed E-state index contributed by atoms with van der Waals surface area (Å²) in [4.78, 5) is 32.3. The molecule has 2 amide bonds. The maximum Gasteiger partial charge on any atom is 0.284 e. The molecule has 3 N–H and O–H groups in total. The van der Waals surface area contributed by atoms with E-state index < -0.39 is 0 Å². The van der Waals surface area contributed by atoms with Crippen molar-refractivity contribution in [1.29, 1.82) is 0 Å². The molecule has 0 spiro atoms. The highest BCUT2D eigenvalue weighted by molar-refractivity contribution is 5.96. The molecule has 0 radical (unpaired) electrons. The van der Waals surface area contributed by atoms with E-state index in [1.165, 1.54) is 0 Å². The van der Waals surface area contributed by atoms with E-state index in [0.717, 1.165) is 22.2 Å². The molecule has 6 heteroatoms. The first-order chi connectivity index (χ1) is 12.5. The molecule has 1 aromatic carbocycles. The summed E-state index contributed by atoms with van der Waals surface area (Å²) in [7, 11) is 3.32.